The molecule has 0 heterocycles. The Balaban J connectivity index is 3.02. The molecule has 4 heteroatoms. The Labute approximate surface area is 88.0 Å². The van der Waals surface area contributed by atoms with E-state index in [9.17, 15) is 10.1 Å². The summed E-state index contributed by atoms with van der Waals surface area (Å²) >= 11 is 0. The van der Waals surface area contributed by atoms with Gasteiger partial charge < -0.3 is 5.11 Å². The lowest BCUT2D eigenvalue weighted by atomic mass is 10.1. The van der Waals surface area contributed by atoms with Crippen molar-refractivity contribution in [3.8, 4) is 0 Å². The van der Waals surface area contributed by atoms with Crippen LogP contribution >= 0.6 is 0 Å². The van der Waals surface area contributed by atoms with Crippen LogP contribution in [-0.4, -0.2) is 16.6 Å². The van der Waals surface area contributed by atoms with Crippen LogP contribution in [0.5, 0.6) is 0 Å². The molecule has 0 aliphatic carbocycles. The fraction of sp³-hybridized carbons (Fsp3) is 0.273. The monoisotopic (exact) mass is 207 g/mol. The van der Waals surface area contributed by atoms with Gasteiger partial charge >= 0.3 is 0 Å². The summed E-state index contributed by atoms with van der Waals surface area (Å²) in [6, 6.07) is 4.96. The van der Waals surface area contributed by atoms with Crippen LogP contribution in [0, 0.1) is 17.0 Å². The topological polar surface area (TPSA) is 63.4 Å². The number of nitrogens with zero attached hydrogens (tertiary/aromatic N) is 1. The quantitative estimate of drug-likeness (QED) is 0.608. The summed E-state index contributed by atoms with van der Waals surface area (Å²) in [4.78, 5) is 10.3. The van der Waals surface area contributed by atoms with E-state index >= 15 is 0 Å². The number of benzene rings is 1. The maximum Gasteiger partial charge on any atom is 0.276 e. The minimum atomic E-state index is -0.405. The van der Waals surface area contributed by atoms with E-state index < -0.39 is 4.92 Å². The van der Waals surface area contributed by atoms with E-state index in [1.807, 2.05) is 6.92 Å². The van der Waals surface area contributed by atoms with Gasteiger partial charge in [0.15, 0.2) is 0 Å². The first-order valence-corrected chi connectivity index (χ1v) is 4.67. The molecular weight excluding hydrogens is 194 g/mol. The van der Waals surface area contributed by atoms with E-state index in [0.717, 1.165) is 5.56 Å². The van der Waals surface area contributed by atoms with Gasteiger partial charge in [0.05, 0.1) is 10.5 Å². The average Bonchev–Trinajstić information content (AvgIpc) is 2.18. The van der Waals surface area contributed by atoms with Crippen LogP contribution in [0.1, 0.15) is 17.5 Å². The summed E-state index contributed by atoms with van der Waals surface area (Å²) in [5.74, 6) is 0. The molecule has 0 unspecified atom stereocenters. The zero-order chi connectivity index (χ0) is 11.3. The van der Waals surface area contributed by atoms with Crippen molar-refractivity contribution in [2.75, 3.05) is 6.61 Å². The second kappa shape index (κ2) is 5.26. The molecule has 4 nitrogen and oxygen atoms in total. The first-order valence-electron chi connectivity index (χ1n) is 4.67. The van der Waals surface area contributed by atoms with Crippen molar-refractivity contribution in [1.29, 1.82) is 0 Å². The molecule has 0 atom stereocenters. The van der Waals surface area contributed by atoms with Crippen LogP contribution in [0.15, 0.2) is 24.3 Å². The molecule has 0 saturated carbocycles. The zero-order valence-corrected chi connectivity index (χ0v) is 8.51. The summed E-state index contributed by atoms with van der Waals surface area (Å²) in [6.45, 7) is 1.93. The number of aliphatic hydroxyl groups is 1. The zero-order valence-electron chi connectivity index (χ0n) is 8.51. The minimum absolute atomic E-state index is 0.0517. The smallest absolute Gasteiger partial charge is 0.276 e. The standard InChI is InChI=1S/C11H13NO3/c1-9-5-6-11(12(14)15)10(8-9)4-2-3-7-13/h2,4-6,8,13H,3,7H2,1H3. The average molecular weight is 207 g/mol. The Morgan fingerprint density at radius 2 is 2.27 bits per heavy atom. The van der Waals surface area contributed by atoms with Gasteiger partial charge in [-0.15, -0.1) is 0 Å². The summed E-state index contributed by atoms with van der Waals surface area (Å²) < 4.78 is 0. The third-order valence-corrected chi connectivity index (χ3v) is 1.97. The molecular formula is C11H13NO3. The number of nitro groups is 1. The lowest BCUT2D eigenvalue weighted by Gasteiger charge is -1.98. The normalized spacial score (nSPS) is 10.8. The van der Waals surface area contributed by atoms with Crippen LogP contribution in [-0.2, 0) is 0 Å². The van der Waals surface area contributed by atoms with E-state index in [1.54, 1.807) is 24.3 Å². The molecule has 0 spiro atoms. The highest BCUT2D eigenvalue weighted by Crippen LogP contribution is 2.21. The van der Waals surface area contributed by atoms with Gasteiger partial charge in [-0.1, -0.05) is 23.8 Å². The Morgan fingerprint density at radius 3 is 2.87 bits per heavy atom. The minimum Gasteiger partial charge on any atom is -0.396 e. The van der Waals surface area contributed by atoms with E-state index in [0.29, 0.717) is 12.0 Å². The van der Waals surface area contributed by atoms with Crippen LogP contribution in [0.2, 0.25) is 0 Å². The molecule has 0 amide bonds. The SMILES string of the molecule is Cc1ccc([N+](=O)[O-])c(C=CCCO)c1. The van der Waals surface area contributed by atoms with Crippen LogP contribution < -0.4 is 0 Å². The van der Waals surface area contributed by atoms with Crippen molar-refractivity contribution in [3.63, 3.8) is 0 Å². The first-order chi connectivity index (χ1) is 7.15. The molecule has 0 aliphatic heterocycles. The van der Waals surface area contributed by atoms with E-state index in [4.69, 9.17) is 5.11 Å². The molecule has 0 aromatic heterocycles. The summed E-state index contributed by atoms with van der Waals surface area (Å²) in [5, 5.41) is 19.3. The molecule has 1 rings (SSSR count). The van der Waals surface area contributed by atoms with Gasteiger partial charge in [0, 0.05) is 12.7 Å². The molecule has 0 fully saturated rings. The van der Waals surface area contributed by atoms with E-state index in [-0.39, 0.29) is 12.3 Å². The predicted octanol–water partition coefficient (Wildman–Crippen LogP) is 2.30. The molecule has 0 radical (unpaired) electrons. The van der Waals surface area contributed by atoms with Gasteiger partial charge in [-0.05, 0) is 19.4 Å². The summed E-state index contributed by atoms with van der Waals surface area (Å²) in [6.07, 6.45) is 3.90. The fourth-order valence-corrected chi connectivity index (χ4v) is 1.26. The van der Waals surface area contributed by atoms with Crippen molar-refractivity contribution in [2.24, 2.45) is 0 Å². The Morgan fingerprint density at radius 1 is 1.53 bits per heavy atom. The third kappa shape index (κ3) is 3.18. The largest absolute Gasteiger partial charge is 0.396 e. The molecule has 1 N–H and O–H groups in total. The molecule has 15 heavy (non-hydrogen) atoms. The highest BCUT2D eigenvalue weighted by atomic mass is 16.6. The number of hydrogen-bond acceptors (Lipinski definition) is 3. The maximum atomic E-state index is 10.7. The van der Waals surface area contributed by atoms with Crippen LogP contribution in [0.3, 0.4) is 0 Å². The highest BCUT2D eigenvalue weighted by molar-refractivity contribution is 5.61. The first kappa shape index (κ1) is 11.4. The fourth-order valence-electron chi connectivity index (χ4n) is 1.26. The van der Waals surface area contributed by atoms with E-state index in [1.165, 1.54) is 6.07 Å². The lowest BCUT2D eigenvalue weighted by Crippen LogP contribution is -1.91. The molecule has 1 aromatic carbocycles. The van der Waals surface area contributed by atoms with Crippen molar-refractivity contribution in [2.45, 2.75) is 13.3 Å². The Bertz CT molecular complexity index is 385. The van der Waals surface area contributed by atoms with Gasteiger partial charge in [-0.2, -0.15) is 0 Å². The number of nitro benzene ring substituents is 1. The number of hydrogen-bond donors (Lipinski definition) is 1. The molecule has 80 valence electrons. The molecule has 1 aromatic rings. The predicted molar refractivity (Wildman–Crippen MR) is 58.6 cm³/mol. The van der Waals surface area contributed by atoms with Crippen molar-refractivity contribution in [1.82, 2.24) is 0 Å². The molecule has 0 saturated heterocycles. The highest BCUT2D eigenvalue weighted by Gasteiger charge is 2.10. The van der Waals surface area contributed by atoms with Crippen molar-refractivity contribution >= 4 is 11.8 Å². The van der Waals surface area contributed by atoms with Crippen molar-refractivity contribution in [3.05, 3.63) is 45.5 Å². The van der Waals surface area contributed by atoms with Gasteiger partial charge in [0.25, 0.3) is 5.69 Å². The Kier molecular flexibility index (Phi) is 4.00. The van der Waals surface area contributed by atoms with Gasteiger partial charge in [-0.25, -0.2) is 0 Å². The van der Waals surface area contributed by atoms with Crippen molar-refractivity contribution < 1.29 is 10.0 Å². The number of rotatable bonds is 4. The lowest BCUT2D eigenvalue weighted by molar-refractivity contribution is -0.385. The van der Waals surface area contributed by atoms with Gasteiger partial charge in [0.1, 0.15) is 0 Å². The number of aliphatic hydroxyl groups excluding tert-OH is 1. The van der Waals surface area contributed by atoms with Crippen LogP contribution in [0.4, 0.5) is 5.69 Å². The third-order valence-electron chi connectivity index (χ3n) is 1.97. The maximum absolute atomic E-state index is 10.7. The van der Waals surface area contributed by atoms with Gasteiger partial charge in [0.2, 0.25) is 0 Å². The van der Waals surface area contributed by atoms with Gasteiger partial charge in [-0.3, -0.25) is 10.1 Å². The van der Waals surface area contributed by atoms with E-state index in [2.05, 4.69) is 0 Å². The van der Waals surface area contributed by atoms with Crippen LogP contribution in [0.25, 0.3) is 6.08 Å². The summed E-state index contributed by atoms with van der Waals surface area (Å²) in [5.41, 5.74) is 1.65. The second-order valence-corrected chi connectivity index (χ2v) is 3.23. The molecule has 0 bridgehead atoms. The number of aryl methyl sites for hydroxylation is 1. The summed E-state index contributed by atoms with van der Waals surface area (Å²) in [7, 11) is 0. The molecule has 0 aliphatic rings. The second-order valence-electron chi connectivity index (χ2n) is 3.23. The Hall–Kier alpha value is -1.68.